The third-order valence-corrected chi connectivity index (χ3v) is 2.65. The lowest BCUT2D eigenvalue weighted by Gasteiger charge is -2.18. The molecule has 1 atom stereocenters. The number of halogens is 1. The summed E-state index contributed by atoms with van der Waals surface area (Å²) in [6.45, 7) is 6.69. The second kappa shape index (κ2) is 7.09. The number of nitrogens with one attached hydrogen (secondary N) is 1. The Morgan fingerprint density at radius 2 is 2.12 bits per heavy atom. The van der Waals surface area contributed by atoms with E-state index in [-0.39, 0.29) is 11.9 Å². The maximum atomic E-state index is 13.4. The molecule has 0 fully saturated rings. The van der Waals surface area contributed by atoms with E-state index in [1.807, 2.05) is 19.9 Å². The van der Waals surface area contributed by atoms with Crippen LogP contribution in [0.2, 0.25) is 0 Å². The van der Waals surface area contributed by atoms with E-state index in [1.165, 1.54) is 0 Å². The van der Waals surface area contributed by atoms with Crippen molar-refractivity contribution in [3.8, 4) is 11.8 Å². The van der Waals surface area contributed by atoms with E-state index in [9.17, 15) is 4.39 Å². The zero-order valence-electron chi connectivity index (χ0n) is 10.8. The summed E-state index contributed by atoms with van der Waals surface area (Å²) in [6.07, 6.45) is 1.75. The first-order chi connectivity index (χ1) is 8.17. The van der Waals surface area contributed by atoms with Crippen LogP contribution in [0.3, 0.4) is 0 Å². The van der Waals surface area contributed by atoms with E-state index >= 15 is 0 Å². The van der Waals surface area contributed by atoms with Gasteiger partial charge in [-0.1, -0.05) is 13.0 Å². The average Bonchev–Trinajstić information content (AvgIpc) is 2.27. The molecule has 0 saturated heterocycles. The van der Waals surface area contributed by atoms with Crippen LogP contribution in [0.4, 0.5) is 4.39 Å². The predicted molar refractivity (Wildman–Crippen MR) is 70.2 cm³/mol. The fraction of sp³-hybridized carbons (Fsp3) is 0.467. The molecule has 0 aromatic heterocycles. The van der Waals surface area contributed by atoms with Crippen molar-refractivity contribution in [1.29, 1.82) is 0 Å². The van der Waals surface area contributed by atoms with Crippen LogP contribution in [0.25, 0.3) is 0 Å². The van der Waals surface area contributed by atoms with Crippen LogP contribution in [0.15, 0.2) is 18.2 Å². The molecule has 1 aromatic rings. The topological polar surface area (TPSA) is 12.0 Å². The van der Waals surface area contributed by atoms with E-state index in [4.69, 9.17) is 0 Å². The normalized spacial score (nSPS) is 11.8. The van der Waals surface area contributed by atoms with Gasteiger partial charge in [-0.3, -0.25) is 0 Å². The van der Waals surface area contributed by atoms with Crippen LogP contribution in [0.5, 0.6) is 0 Å². The van der Waals surface area contributed by atoms with Crippen LogP contribution >= 0.6 is 0 Å². The molecule has 0 amide bonds. The summed E-state index contributed by atoms with van der Waals surface area (Å²) in [5.41, 5.74) is 1.98. The Bertz CT molecular complexity index is 394. The lowest BCUT2D eigenvalue weighted by atomic mass is 10.00. The molecule has 0 heterocycles. The molecule has 1 aromatic carbocycles. The summed E-state index contributed by atoms with van der Waals surface area (Å²) in [4.78, 5) is 0. The van der Waals surface area contributed by atoms with E-state index in [1.54, 1.807) is 12.1 Å². The maximum Gasteiger partial charge on any atom is 0.123 e. The highest BCUT2D eigenvalue weighted by Crippen LogP contribution is 2.20. The van der Waals surface area contributed by atoms with Crippen molar-refractivity contribution in [2.75, 3.05) is 6.54 Å². The van der Waals surface area contributed by atoms with Crippen molar-refractivity contribution >= 4 is 0 Å². The van der Waals surface area contributed by atoms with Gasteiger partial charge in [-0.2, -0.15) is 0 Å². The molecule has 0 spiro atoms. The molecule has 0 radical (unpaired) electrons. The van der Waals surface area contributed by atoms with Gasteiger partial charge in [0.25, 0.3) is 0 Å². The van der Waals surface area contributed by atoms with Crippen molar-refractivity contribution in [2.45, 2.75) is 39.7 Å². The lowest BCUT2D eigenvalue weighted by molar-refractivity contribution is 0.517. The van der Waals surface area contributed by atoms with E-state index in [2.05, 4.69) is 24.1 Å². The molecule has 0 aliphatic rings. The first-order valence-electron chi connectivity index (χ1n) is 6.07. The average molecular weight is 233 g/mol. The molecular formula is C15H20FN. The lowest BCUT2D eigenvalue weighted by Crippen LogP contribution is -2.21. The predicted octanol–water partition coefficient (Wildman–Crippen LogP) is 3.59. The van der Waals surface area contributed by atoms with Gasteiger partial charge in [-0.25, -0.2) is 4.39 Å². The smallest absolute Gasteiger partial charge is 0.123 e. The Kier molecular flexibility index (Phi) is 5.72. The fourth-order valence-corrected chi connectivity index (χ4v) is 1.94. The zero-order valence-corrected chi connectivity index (χ0v) is 10.8. The number of hydrogen-bond acceptors (Lipinski definition) is 1. The Morgan fingerprint density at radius 1 is 1.35 bits per heavy atom. The third-order valence-electron chi connectivity index (χ3n) is 2.65. The number of hydrogen-bond donors (Lipinski definition) is 1. The SMILES string of the molecule is CC#CCCC(NCC)c1cc(C)cc(F)c1. The van der Waals surface area contributed by atoms with Gasteiger partial charge in [-0.15, -0.1) is 11.8 Å². The molecule has 0 bridgehead atoms. The first kappa shape index (κ1) is 13.7. The molecule has 1 unspecified atom stereocenters. The van der Waals surface area contributed by atoms with Gasteiger partial charge in [0, 0.05) is 12.5 Å². The van der Waals surface area contributed by atoms with Crippen LogP contribution < -0.4 is 5.32 Å². The van der Waals surface area contributed by atoms with E-state index in [0.29, 0.717) is 0 Å². The Morgan fingerprint density at radius 3 is 2.71 bits per heavy atom. The minimum Gasteiger partial charge on any atom is -0.310 e. The minimum absolute atomic E-state index is 0.163. The minimum atomic E-state index is -0.163. The summed E-state index contributed by atoms with van der Waals surface area (Å²) >= 11 is 0. The van der Waals surface area contributed by atoms with Crippen molar-refractivity contribution in [1.82, 2.24) is 5.32 Å². The number of aryl methyl sites for hydroxylation is 1. The number of benzene rings is 1. The second-order valence-electron chi connectivity index (χ2n) is 4.14. The van der Waals surface area contributed by atoms with Crippen LogP contribution in [-0.4, -0.2) is 6.54 Å². The third kappa shape index (κ3) is 4.58. The highest BCUT2D eigenvalue weighted by Gasteiger charge is 2.10. The monoisotopic (exact) mass is 233 g/mol. The molecule has 2 heteroatoms. The summed E-state index contributed by atoms with van der Waals surface area (Å²) in [7, 11) is 0. The van der Waals surface area contributed by atoms with Gasteiger partial charge < -0.3 is 5.32 Å². The largest absolute Gasteiger partial charge is 0.310 e. The Balaban J connectivity index is 2.82. The summed E-state index contributed by atoms with van der Waals surface area (Å²) in [6, 6.07) is 5.39. The molecule has 0 aliphatic carbocycles. The fourth-order valence-electron chi connectivity index (χ4n) is 1.94. The molecule has 92 valence electrons. The van der Waals surface area contributed by atoms with Crippen molar-refractivity contribution < 1.29 is 4.39 Å². The highest BCUT2D eigenvalue weighted by molar-refractivity contribution is 5.26. The van der Waals surface area contributed by atoms with Gasteiger partial charge in [0.05, 0.1) is 0 Å². The molecule has 1 N–H and O–H groups in total. The van der Waals surface area contributed by atoms with Crippen molar-refractivity contribution in [3.63, 3.8) is 0 Å². The molecule has 17 heavy (non-hydrogen) atoms. The van der Waals surface area contributed by atoms with Gasteiger partial charge in [0.15, 0.2) is 0 Å². The van der Waals surface area contributed by atoms with E-state index in [0.717, 1.165) is 30.5 Å². The number of rotatable bonds is 5. The van der Waals surface area contributed by atoms with E-state index < -0.39 is 0 Å². The van der Waals surface area contributed by atoms with Gasteiger partial charge in [-0.05, 0) is 50.1 Å². The summed E-state index contributed by atoms with van der Waals surface area (Å²) < 4.78 is 13.4. The van der Waals surface area contributed by atoms with Crippen LogP contribution in [-0.2, 0) is 0 Å². The quantitative estimate of drug-likeness (QED) is 0.766. The van der Waals surface area contributed by atoms with Crippen molar-refractivity contribution in [2.24, 2.45) is 0 Å². The first-order valence-corrected chi connectivity index (χ1v) is 6.07. The Hall–Kier alpha value is -1.33. The second-order valence-corrected chi connectivity index (χ2v) is 4.14. The Labute approximate surface area is 103 Å². The van der Waals surface area contributed by atoms with Crippen molar-refractivity contribution in [3.05, 3.63) is 35.1 Å². The summed E-state index contributed by atoms with van der Waals surface area (Å²) in [5.74, 6) is 5.78. The molecule has 1 nitrogen and oxygen atoms in total. The molecular weight excluding hydrogens is 213 g/mol. The van der Waals surface area contributed by atoms with Crippen LogP contribution in [0.1, 0.15) is 43.9 Å². The zero-order chi connectivity index (χ0) is 12.7. The maximum absolute atomic E-state index is 13.4. The van der Waals surface area contributed by atoms with Crippen LogP contribution in [0, 0.1) is 24.6 Å². The van der Waals surface area contributed by atoms with Gasteiger partial charge in [0.1, 0.15) is 5.82 Å². The standard InChI is InChI=1S/C15H20FN/c1-4-6-7-8-15(17-5-2)13-9-12(3)10-14(16)11-13/h9-11,15,17H,5,7-8H2,1-3H3. The highest BCUT2D eigenvalue weighted by atomic mass is 19.1. The van der Waals surface area contributed by atoms with Gasteiger partial charge in [0.2, 0.25) is 0 Å². The molecule has 1 rings (SSSR count). The summed E-state index contributed by atoms with van der Waals surface area (Å²) in [5, 5.41) is 3.38. The van der Waals surface area contributed by atoms with Gasteiger partial charge >= 0.3 is 0 Å². The molecule has 0 saturated carbocycles. The molecule has 0 aliphatic heterocycles.